The van der Waals surface area contributed by atoms with Crippen LogP contribution < -0.4 is 5.32 Å². The average Bonchev–Trinajstić information content (AvgIpc) is 2.26. The molecule has 0 aromatic carbocycles. The number of amides is 2. The van der Waals surface area contributed by atoms with E-state index < -0.39 is 0 Å². The number of carbonyl (C=O) groups excluding carboxylic acids is 1. The molecular weight excluding hydrogens is 228 g/mol. The Kier molecular flexibility index (Phi) is 5.93. The van der Waals surface area contributed by atoms with Crippen molar-refractivity contribution in [2.24, 2.45) is 5.41 Å². The van der Waals surface area contributed by atoms with E-state index in [-0.39, 0.29) is 12.1 Å². The molecule has 1 aliphatic rings. The molecule has 2 amide bonds. The highest BCUT2D eigenvalue weighted by Gasteiger charge is 2.21. The molecule has 4 nitrogen and oxygen atoms in total. The Balaban J connectivity index is 2.10. The number of nitrogens with zero attached hydrogens (tertiary/aromatic N) is 1. The first-order chi connectivity index (χ1) is 8.38. The summed E-state index contributed by atoms with van der Waals surface area (Å²) in [6.07, 6.45) is 4.73. The van der Waals surface area contributed by atoms with Crippen LogP contribution >= 0.6 is 0 Å². The maximum Gasteiger partial charge on any atom is 0.317 e. The number of hydrogen-bond acceptors (Lipinski definition) is 2. The number of aliphatic hydroxyl groups is 1. The molecule has 2 N–H and O–H groups in total. The molecule has 0 aromatic rings. The molecule has 1 heterocycles. The van der Waals surface area contributed by atoms with Crippen LogP contribution in [-0.2, 0) is 0 Å². The van der Waals surface area contributed by atoms with Crippen molar-refractivity contribution in [1.82, 2.24) is 10.2 Å². The number of unbranched alkanes of at least 4 members (excludes halogenated alkanes) is 1. The number of β-amino-alcohol motifs (C(OH)–C–C–N with tert-alkyl or cyclic N) is 1. The lowest BCUT2D eigenvalue weighted by Crippen LogP contribution is -2.47. The van der Waals surface area contributed by atoms with Crippen LogP contribution in [0.5, 0.6) is 0 Å². The van der Waals surface area contributed by atoms with Gasteiger partial charge in [-0.25, -0.2) is 4.79 Å². The van der Waals surface area contributed by atoms with Crippen LogP contribution in [0, 0.1) is 5.41 Å². The summed E-state index contributed by atoms with van der Waals surface area (Å²) in [7, 11) is 0. The molecule has 1 unspecified atom stereocenters. The second-order valence-electron chi connectivity index (χ2n) is 6.49. The predicted molar refractivity (Wildman–Crippen MR) is 73.5 cm³/mol. The van der Waals surface area contributed by atoms with Crippen LogP contribution in [0.3, 0.4) is 0 Å². The number of nitrogens with one attached hydrogen (secondary N) is 1. The van der Waals surface area contributed by atoms with Crippen molar-refractivity contribution in [1.29, 1.82) is 0 Å². The summed E-state index contributed by atoms with van der Waals surface area (Å²) < 4.78 is 0. The number of urea groups is 1. The lowest BCUT2D eigenvalue weighted by atomic mass is 9.90. The van der Waals surface area contributed by atoms with Gasteiger partial charge in [0.15, 0.2) is 0 Å². The molecule has 0 radical (unpaired) electrons. The summed E-state index contributed by atoms with van der Waals surface area (Å²) >= 11 is 0. The summed E-state index contributed by atoms with van der Waals surface area (Å²) in [4.78, 5) is 13.5. The van der Waals surface area contributed by atoms with Gasteiger partial charge in [0.2, 0.25) is 0 Å². The van der Waals surface area contributed by atoms with Crippen LogP contribution in [0.15, 0.2) is 0 Å². The second kappa shape index (κ2) is 6.98. The fourth-order valence-corrected chi connectivity index (χ4v) is 2.23. The smallest absolute Gasteiger partial charge is 0.317 e. The van der Waals surface area contributed by atoms with Gasteiger partial charge >= 0.3 is 6.03 Å². The Morgan fingerprint density at radius 2 is 2.11 bits per heavy atom. The number of aliphatic hydroxyl groups excluding tert-OH is 1. The molecule has 18 heavy (non-hydrogen) atoms. The van der Waals surface area contributed by atoms with E-state index in [9.17, 15) is 9.90 Å². The summed E-state index contributed by atoms with van der Waals surface area (Å²) in [5.74, 6) is 0. The standard InChI is InChI=1S/C14H28N2O2/c1-14(2,3)8-4-5-9-15-13(18)16-10-6-7-12(17)11-16/h12,17H,4-11H2,1-3H3,(H,15,18). The lowest BCUT2D eigenvalue weighted by molar-refractivity contribution is 0.0842. The van der Waals surface area contributed by atoms with Crippen molar-refractivity contribution in [2.75, 3.05) is 19.6 Å². The fraction of sp³-hybridized carbons (Fsp3) is 0.929. The third-order valence-corrected chi connectivity index (χ3v) is 3.31. The predicted octanol–water partition coefficient (Wildman–Crippen LogP) is 2.37. The first kappa shape index (κ1) is 15.3. The highest BCUT2D eigenvalue weighted by atomic mass is 16.3. The third kappa shape index (κ3) is 6.24. The Bertz CT molecular complexity index is 261. The van der Waals surface area contributed by atoms with Crippen molar-refractivity contribution in [2.45, 2.75) is 59.0 Å². The molecule has 1 aliphatic heterocycles. The molecule has 0 aromatic heterocycles. The minimum absolute atomic E-state index is 0.0236. The Hall–Kier alpha value is -0.770. The van der Waals surface area contributed by atoms with Gasteiger partial charge in [0.05, 0.1) is 6.10 Å². The molecule has 0 saturated carbocycles. The first-order valence-corrected chi connectivity index (χ1v) is 7.09. The van der Waals surface area contributed by atoms with E-state index in [1.807, 2.05) is 0 Å². The lowest BCUT2D eigenvalue weighted by Gasteiger charge is -2.30. The van der Waals surface area contributed by atoms with E-state index in [4.69, 9.17) is 0 Å². The zero-order valence-electron chi connectivity index (χ0n) is 12.0. The topological polar surface area (TPSA) is 52.6 Å². The van der Waals surface area contributed by atoms with Gasteiger partial charge < -0.3 is 15.3 Å². The van der Waals surface area contributed by atoms with Crippen molar-refractivity contribution in [3.8, 4) is 0 Å². The number of carbonyl (C=O) groups is 1. The largest absolute Gasteiger partial charge is 0.391 e. The van der Waals surface area contributed by atoms with E-state index in [0.29, 0.717) is 12.0 Å². The van der Waals surface area contributed by atoms with E-state index in [2.05, 4.69) is 26.1 Å². The van der Waals surface area contributed by atoms with Crippen LogP contribution in [0.25, 0.3) is 0 Å². The average molecular weight is 256 g/mol. The maximum absolute atomic E-state index is 11.8. The summed E-state index contributed by atoms with van der Waals surface area (Å²) in [6, 6.07) is -0.0236. The molecular formula is C14H28N2O2. The number of piperidine rings is 1. The molecule has 1 fully saturated rings. The number of hydrogen-bond donors (Lipinski definition) is 2. The molecule has 0 bridgehead atoms. The van der Waals surface area contributed by atoms with Gasteiger partial charge in [-0.1, -0.05) is 27.2 Å². The number of likely N-dealkylation sites (tertiary alicyclic amines) is 1. The normalized spacial score (nSPS) is 20.9. The second-order valence-corrected chi connectivity index (χ2v) is 6.49. The van der Waals surface area contributed by atoms with Gasteiger partial charge in [-0.05, 0) is 31.1 Å². The molecule has 1 atom stereocenters. The van der Waals surface area contributed by atoms with E-state index >= 15 is 0 Å². The summed E-state index contributed by atoms with van der Waals surface area (Å²) in [5, 5.41) is 12.4. The van der Waals surface area contributed by atoms with E-state index in [0.717, 1.165) is 38.8 Å². The SMILES string of the molecule is CC(C)(C)CCCCNC(=O)N1CCCC(O)C1. The Labute approximate surface area is 111 Å². The fourth-order valence-electron chi connectivity index (χ4n) is 2.23. The van der Waals surface area contributed by atoms with Crippen molar-refractivity contribution < 1.29 is 9.90 Å². The zero-order chi connectivity index (χ0) is 13.6. The van der Waals surface area contributed by atoms with Crippen molar-refractivity contribution >= 4 is 6.03 Å². The molecule has 106 valence electrons. The van der Waals surface area contributed by atoms with Gasteiger partial charge in [0.1, 0.15) is 0 Å². The number of rotatable bonds is 4. The molecule has 4 heteroatoms. The Morgan fingerprint density at radius 3 is 2.72 bits per heavy atom. The zero-order valence-corrected chi connectivity index (χ0v) is 12.0. The summed E-state index contributed by atoms with van der Waals surface area (Å²) in [6.45, 7) is 8.70. The van der Waals surface area contributed by atoms with Crippen LogP contribution in [0.1, 0.15) is 52.9 Å². The molecule has 1 saturated heterocycles. The third-order valence-electron chi connectivity index (χ3n) is 3.31. The van der Waals surface area contributed by atoms with Crippen LogP contribution in [0.2, 0.25) is 0 Å². The van der Waals surface area contributed by atoms with Gasteiger partial charge in [-0.15, -0.1) is 0 Å². The van der Waals surface area contributed by atoms with Gasteiger partial charge in [-0.3, -0.25) is 0 Å². The van der Waals surface area contributed by atoms with Crippen LogP contribution in [0.4, 0.5) is 4.79 Å². The van der Waals surface area contributed by atoms with Gasteiger partial charge in [0, 0.05) is 19.6 Å². The molecule has 0 spiro atoms. The first-order valence-electron chi connectivity index (χ1n) is 7.09. The monoisotopic (exact) mass is 256 g/mol. The highest BCUT2D eigenvalue weighted by molar-refractivity contribution is 5.74. The quantitative estimate of drug-likeness (QED) is 0.759. The van der Waals surface area contributed by atoms with Crippen molar-refractivity contribution in [3.05, 3.63) is 0 Å². The maximum atomic E-state index is 11.8. The Morgan fingerprint density at radius 1 is 1.39 bits per heavy atom. The van der Waals surface area contributed by atoms with E-state index in [1.54, 1.807) is 4.90 Å². The van der Waals surface area contributed by atoms with Gasteiger partial charge in [-0.2, -0.15) is 0 Å². The highest BCUT2D eigenvalue weighted by Crippen LogP contribution is 2.21. The van der Waals surface area contributed by atoms with Gasteiger partial charge in [0.25, 0.3) is 0 Å². The van der Waals surface area contributed by atoms with Crippen molar-refractivity contribution in [3.63, 3.8) is 0 Å². The van der Waals surface area contributed by atoms with E-state index in [1.165, 1.54) is 6.42 Å². The minimum Gasteiger partial charge on any atom is -0.391 e. The molecule has 1 rings (SSSR count). The van der Waals surface area contributed by atoms with Crippen LogP contribution in [-0.4, -0.2) is 41.8 Å². The molecule has 0 aliphatic carbocycles. The minimum atomic E-state index is -0.342. The summed E-state index contributed by atoms with van der Waals surface area (Å²) in [5.41, 5.74) is 0.376.